The van der Waals surface area contributed by atoms with Gasteiger partial charge < -0.3 is 45.1 Å². The number of unbranched alkanes of at least 4 members (excludes halogenated alkanes) is 25. The number of rotatable bonds is 61. The largest absolute Gasteiger partial charge is 0.454 e. The standard InChI is InChI=1S/C80H133NO10/c1-4-7-10-13-16-19-22-24-26-28-30-32-34-36-38-39-41-43-45-47-49-52-55-58-61-64-67-73(84)79(88)81-71(72(83)66-63-60-57-54-51-21-18-15-12-9-6-3)70-89-80-78(77(87)76(86)74(69-82)90-80)91-75(85)68-65-62-59-56-53-50-48-46-44-42-40-37-35-33-31-29-27-25-23-20-17-14-11-8-5-2/h7-8,10-11,16-17,19-20,24-27,30-33,36-38,40,44,46,63,66,71-74,76-78,80,82-84,86-87H,4-6,9,12-15,18,21-23,28-29,34-35,39,41-43,45,47-62,64-65,67-70H2,1-3H3,(H,81,88)/b10-7-,11-8-,19-16-,20-17-,26-24-,27-25-,32-30-,33-31-,38-36-,40-37-,46-44-,66-63+. The zero-order valence-electron chi connectivity index (χ0n) is 57.7. The first-order chi connectivity index (χ1) is 44.7. The number of ether oxygens (including phenoxy) is 3. The van der Waals surface area contributed by atoms with Crippen LogP contribution >= 0.6 is 0 Å². The van der Waals surface area contributed by atoms with Crippen molar-refractivity contribution >= 4 is 11.9 Å². The van der Waals surface area contributed by atoms with Gasteiger partial charge in [0.2, 0.25) is 5.91 Å². The van der Waals surface area contributed by atoms with Crippen LogP contribution in [0.4, 0.5) is 0 Å². The second-order valence-corrected chi connectivity index (χ2v) is 24.6. The van der Waals surface area contributed by atoms with Gasteiger partial charge in [0.05, 0.1) is 25.4 Å². The van der Waals surface area contributed by atoms with Crippen molar-refractivity contribution in [1.82, 2.24) is 5.32 Å². The zero-order chi connectivity index (χ0) is 66.0. The third kappa shape index (κ3) is 52.6. The van der Waals surface area contributed by atoms with Gasteiger partial charge in [-0.15, -0.1) is 0 Å². The van der Waals surface area contributed by atoms with Gasteiger partial charge in [0.25, 0.3) is 0 Å². The number of hydrogen-bond donors (Lipinski definition) is 6. The SMILES string of the molecule is CC/C=C\C/C=C\C/C=C\C/C=C\C/C=C\C/C=C\CCCCCCCCC(=O)OC1C(OCC(NC(=O)C(O)CCCCCCCCCCCC/C=C\C/C=C\C/C=C\C/C=C\C/C=C\CC)C(O)/C=C/CCCCCCCCCCC)OC(CO)C(O)C1O. The van der Waals surface area contributed by atoms with E-state index in [-0.39, 0.29) is 19.4 Å². The Bertz CT molecular complexity index is 2040. The molecule has 6 N–H and O–H groups in total. The minimum Gasteiger partial charge on any atom is -0.454 e. The molecule has 1 aliphatic rings. The molecule has 0 radical (unpaired) electrons. The summed E-state index contributed by atoms with van der Waals surface area (Å²) in [5.74, 6) is -1.22. The van der Waals surface area contributed by atoms with Crippen LogP contribution in [0.2, 0.25) is 0 Å². The smallest absolute Gasteiger partial charge is 0.306 e. The molecule has 1 amide bonds. The lowest BCUT2D eigenvalue weighted by atomic mass is 9.99. The van der Waals surface area contributed by atoms with E-state index in [2.05, 4.69) is 160 Å². The molecule has 8 unspecified atom stereocenters. The van der Waals surface area contributed by atoms with E-state index < -0.39 is 67.4 Å². The summed E-state index contributed by atoms with van der Waals surface area (Å²) in [4.78, 5) is 26.7. The van der Waals surface area contributed by atoms with E-state index >= 15 is 0 Å². The normalized spacial score (nSPS) is 18.9. The average Bonchev–Trinajstić information content (AvgIpc) is 1.13. The van der Waals surface area contributed by atoms with Crippen LogP contribution in [0.15, 0.2) is 146 Å². The van der Waals surface area contributed by atoms with Crippen LogP contribution in [0.5, 0.6) is 0 Å². The first kappa shape index (κ1) is 84.6. The van der Waals surface area contributed by atoms with Crippen LogP contribution in [0.25, 0.3) is 0 Å². The van der Waals surface area contributed by atoms with Gasteiger partial charge in [0, 0.05) is 6.42 Å². The lowest BCUT2D eigenvalue weighted by Crippen LogP contribution is -2.61. The molecule has 11 nitrogen and oxygen atoms in total. The van der Waals surface area contributed by atoms with Gasteiger partial charge >= 0.3 is 5.97 Å². The molecule has 11 heteroatoms. The first-order valence-electron chi connectivity index (χ1n) is 36.6. The summed E-state index contributed by atoms with van der Waals surface area (Å²) < 4.78 is 17.7. The molecule has 8 atom stereocenters. The van der Waals surface area contributed by atoms with E-state index in [1.807, 2.05) is 6.08 Å². The highest BCUT2D eigenvalue weighted by Gasteiger charge is 2.47. The third-order valence-corrected chi connectivity index (χ3v) is 16.2. The first-order valence-corrected chi connectivity index (χ1v) is 36.6. The van der Waals surface area contributed by atoms with Crippen LogP contribution in [-0.2, 0) is 23.8 Å². The van der Waals surface area contributed by atoms with Gasteiger partial charge in [-0.3, -0.25) is 9.59 Å². The van der Waals surface area contributed by atoms with Crippen molar-refractivity contribution in [3.8, 4) is 0 Å². The molecule has 91 heavy (non-hydrogen) atoms. The summed E-state index contributed by atoms with van der Waals surface area (Å²) in [6.07, 6.45) is 84.5. The molecular formula is C80H133NO10. The van der Waals surface area contributed by atoms with E-state index in [9.17, 15) is 35.1 Å². The van der Waals surface area contributed by atoms with Gasteiger partial charge in [-0.05, 0) is 122 Å². The van der Waals surface area contributed by atoms with Gasteiger partial charge in [0.15, 0.2) is 12.4 Å². The predicted molar refractivity (Wildman–Crippen MR) is 384 cm³/mol. The van der Waals surface area contributed by atoms with E-state index in [0.717, 1.165) is 161 Å². The lowest BCUT2D eigenvalue weighted by Gasteiger charge is -2.41. The molecule has 0 aliphatic carbocycles. The van der Waals surface area contributed by atoms with Crippen molar-refractivity contribution in [2.24, 2.45) is 0 Å². The van der Waals surface area contributed by atoms with Crippen molar-refractivity contribution in [2.75, 3.05) is 13.2 Å². The molecule has 1 saturated heterocycles. The van der Waals surface area contributed by atoms with Gasteiger partial charge in [-0.25, -0.2) is 0 Å². The molecule has 0 aromatic carbocycles. The third-order valence-electron chi connectivity index (χ3n) is 16.2. The fraction of sp³-hybridized carbons (Fsp3) is 0.675. The number of hydrogen-bond acceptors (Lipinski definition) is 10. The number of carbonyl (C=O) groups excluding carboxylic acids is 2. The van der Waals surface area contributed by atoms with Crippen molar-refractivity contribution in [1.29, 1.82) is 0 Å². The van der Waals surface area contributed by atoms with Gasteiger partial charge in [-0.2, -0.15) is 0 Å². The zero-order valence-corrected chi connectivity index (χ0v) is 57.7. The number of esters is 1. The molecular weight excluding hydrogens is 1130 g/mol. The molecule has 1 fully saturated rings. The maximum atomic E-state index is 13.5. The molecule has 0 saturated carbocycles. The van der Waals surface area contributed by atoms with E-state index in [0.29, 0.717) is 12.8 Å². The van der Waals surface area contributed by atoms with Crippen molar-refractivity contribution in [2.45, 2.75) is 333 Å². The lowest BCUT2D eigenvalue weighted by molar-refractivity contribution is -0.305. The minimum absolute atomic E-state index is 0.0982. The Labute approximate surface area is 555 Å². The van der Waals surface area contributed by atoms with Crippen LogP contribution < -0.4 is 5.32 Å². The molecule has 1 aliphatic heterocycles. The summed E-state index contributed by atoms with van der Waals surface area (Å²) >= 11 is 0. The number of carbonyl (C=O) groups is 2. The van der Waals surface area contributed by atoms with Crippen LogP contribution in [0, 0.1) is 0 Å². The topological polar surface area (TPSA) is 175 Å². The molecule has 0 bridgehead atoms. The fourth-order valence-electron chi connectivity index (χ4n) is 10.6. The number of aliphatic hydroxyl groups is 5. The van der Waals surface area contributed by atoms with E-state index in [1.165, 1.54) is 77.0 Å². The quantitative estimate of drug-likeness (QED) is 0.0195. The van der Waals surface area contributed by atoms with Gasteiger partial charge in [-0.1, -0.05) is 301 Å². The fourth-order valence-corrected chi connectivity index (χ4v) is 10.6. The molecule has 518 valence electrons. The summed E-state index contributed by atoms with van der Waals surface area (Å²) in [6, 6.07) is -1.04. The molecule has 0 spiro atoms. The summed E-state index contributed by atoms with van der Waals surface area (Å²) in [7, 11) is 0. The summed E-state index contributed by atoms with van der Waals surface area (Å²) in [6.45, 7) is 5.56. The number of nitrogens with one attached hydrogen (secondary N) is 1. The highest BCUT2D eigenvalue weighted by Crippen LogP contribution is 2.26. The number of aliphatic hydroxyl groups excluding tert-OH is 5. The Kier molecular flexibility index (Phi) is 60.9. The Balaban J connectivity index is 2.56. The van der Waals surface area contributed by atoms with Crippen molar-refractivity contribution < 1.29 is 49.3 Å². The minimum atomic E-state index is -1.63. The van der Waals surface area contributed by atoms with Gasteiger partial charge in [0.1, 0.15) is 24.4 Å². The van der Waals surface area contributed by atoms with Crippen LogP contribution in [-0.4, -0.2) is 99.6 Å². The summed E-state index contributed by atoms with van der Waals surface area (Å²) in [5.41, 5.74) is 0. The maximum absolute atomic E-state index is 13.5. The van der Waals surface area contributed by atoms with Crippen molar-refractivity contribution in [3.05, 3.63) is 146 Å². The van der Waals surface area contributed by atoms with Crippen LogP contribution in [0.1, 0.15) is 284 Å². The number of amides is 1. The monoisotopic (exact) mass is 1270 g/mol. The molecule has 1 heterocycles. The molecule has 0 aromatic rings. The maximum Gasteiger partial charge on any atom is 0.306 e. The van der Waals surface area contributed by atoms with E-state index in [1.54, 1.807) is 6.08 Å². The Morgan fingerprint density at radius 3 is 1.19 bits per heavy atom. The Morgan fingerprint density at radius 2 is 0.791 bits per heavy atom. The second-order valence-electron chi connectivity index (χ2n) is 24.6. The highest BCUT2D eigenvalue weighted by molar-refractivity contribution is 5.80. The average molecular weight is 1270 g/mol. The molecule has 1 rings (SSSR count). The number of allylic oxidation sites excluding steroid dienone is 23. The molecule has 0 aromatic heterocycles. The van der Waals surface area contributed by atoms with E-state index in [4.69, 9.17) is 14.2 Å². The summed E-state index contributed by atoms with van der Waals surface area (Å²) in [5, 5.41) is 57.3. The highest BCUT2D eigenvalue weighted by atomic mass is 16.7. The second kappa shape index (κ2) is 65.6. The van der Waals surface area contributed by atoms with Crippen LogP contribution in [0.3, 0.4) is 0 Å². The predicted octanol–water partition coefficient (Wildman–Crippen LogP) is 19.3. The Morgan fingerprint density at radius 1 is 0.440 bits per heavy atom. The van der Waals surface area contributed by atoms with Crippen molar-refractivity contribution in [3.63, 3.8) is 0 Å². The Hall–Kier alpha value is -4.46.